The summed E-state index contributed by atoms with van der Waals surface area (Å²) in [5.74, 6) is 0. The van der Waals surface area contributed by atoms with E-state index >= 15 is 0 Å². The second-order valence-corrected chi connectivity index (χ2v) is 6.31. The number of nitrogens with two attached hydrogens (primary N) is 1. The van der Waals surface area contributed by atoms with Gasteiger partial charge in [-0.1, -0.05) is 12.1 Å². The Morgan fingerprint density at radius 2 is 2.11 bits per heavy atom. The van der Waals surface area contributed by atoms with Gasteiger partial charge in [-0.2, -0.15) is 5.10 Å². The fourth-order valence-electron chi connectivity index (χ4n) is 1.74. The van der Waals surface area contributed by atoms with E-state index in [2.05, 4.69) is 27.1 Å². The van der Waals surface area contributed by atoms with E-state index in [1.807, 2.05) is 49.2 Å². The van der Waals surface area contributed by atoms with Crippen LogP contribution < -0.4 is 5.73 Å². The number of rotatable bonds is 4. The van der Waals surface area contributed by atoms with Gasteiger partial charge in [-0.05, 0) is 35.0 Å². The number of halogens is 1. The van der Waals surface area contributed by atoms with Gasteiger partial charge in [0.25, 0.3) is 0 Å². The topological polar surface area (TPSA) is 43.8 Å². The lowest BCUT2D eigenvalue weighted by molar-refractivity contribution is 0.718. The first-order chi connectivity index (χ1) is 8.58. The van der Waals surface area contributed by atoms with Crippen molar-refractivity contribution in [1.29, 1.82) is 0 Å². The summed E-state index contributed by atoms with van der Waals surface area (Å²) < 4.78 is 2.91. The number of nitrogens with zero attached hydrogens (tertiary/aromatic N) is 2. The van der Waals surface area contributed by atoms with Crippen LogP contribution in [0.5, 0.6) is 0 Å². The van der Waals surface area contributed by atoms with Crippen molar-refractivity contribution >= 4 is 27.7 Å². The summed E-state index contributed by atoms with van der Waals surface area (Å²) in [6.45, 7) is 2.03. The average Bonchev–Trinajstić information content (AvgIpc) is 2.74. The Hall–Kier alpha value is -0.780. The number of benzene rings is 1. The molecule has 2 rings (SSSR count). The van der Waals surface area contributed by atoms with Crippen molar-refractivity contribution in [3.05, 3.63) is 46.7 Å². The van der Waals surface area contributed by atoms with Crippen molar-refractivity contribution in [2.24, 2.45) is 12.8 Å². The van der Waals surface area contributed by atoms with E-state index in [1.165, 1.54) is 4.90 Å². The molecule has 3 nitrogen and oxygen atoms in total. The Bertz CT molecular complexity index is 524. The third-order valence-corrected chi connectivity index (χ3v) is 5.14. The zero-order valence-corrected chi connectivity index (χ0v) is 12.8. The van der Waals surface area contributed by atoms with Crippen LogP contribution in [-0.2, 0) is 7.05 Å². The van der Waals surface area contributed by atoms with E-state index < -0.39 is 0 Å². The lowest BCUT2D eigenvalue weighted by Crippen LogP contribution is -2.22. The summed E-state index contributed by atoms with van der Waals surface area (Å²) in [5.41, 5.74) is 7.26. The maximum absolute atomic E-state index is 6.10. The van der Waals surface area contributed by atoms with Crippen LogP contribution in [0.25, 0.3) is 0 Å². The number of aromatic nitrogens is 2. The molecule has 2 aromatic rings. The van der Waals surface area contributed by atoms with Gasteiger partial charge in [0.2, 0.25) is 0 Å². The first kappa shape index (κ1) is 13.6. The molecule has 0 radical (unpaired) electrons. The van der Waals surface area contributed by atoms with Crippen LogP contribution >= 0.6 is 27.7 Å². The van der Waals surface area contributed by atoms with Gasteiger partial charge < -0.3 is 5.73 Å². The largest absolute Gasteiger partial charge is 0.327 e. The highest BCUT2D eigenvalue weighted by Gasteiger charge is 2.20. The van der Waals surface area contributed by atoms with Crippen LogP contribution in [0.3, 0.4) is 0 Å². The number of aryl methyl sites for hydroxylation is 1. The molecule has 1 aromatic heterocycles. The first-order valence-electron chi connectivity index (χ1n) is 5.73. The van der Waals surface area contributed by atoms with Crippen molar-refractivity contribution < 1.29 is 0 Å². The van der Waals surface area contributed by atoms with Gasteiger partial charge in [0.05, 0.1) is 11.4 Å². The van der Waals surface area contributed by atoms with Crippen molar-refractivity contribution in [2.45, 2.75) is 23.1 Å². The molecule has 5 heteroatoms. The summed E-state index contributed by atoms with van der Waals surface area (Å²) in [4.78, 5) is 1.20. The first-order valence-corrected chi connectivity index (χ1v) is 7.40. The van der Waals surface area contributed by atoms with E-state index in [4.69, 9.17) is 5.73 Å². The van der Waals surface area contributed by atoms with Crippen LogP contribution in [0.2, 0.25) is 0 Å². The molecule has 96 valence electrons. The van der Waals surface area contributed by atoms with Gasteiger partial charge >= 0.3 is 0 Å². The highest BCUT2D eigenvalue weighted by atomic mass is 79.9. The van der Waals surface area contributed by atoms with Crippen LogP contribution in [0, 0.1) is 0 Å². The monoisotopic (exact) mass is 325 g/mol. The van der Waals surface area contributed by atoms with Gasteiger partial charge in [0, 0.05) is 34.2 Å². The molecular formula is C13H16BrN3S. The zero-order chi connectivity index (χ0) is 13.1. The van der Waals surface area contributed by atoms with E-state index in [-0.39, 0.29) is 11.3 Å². The van der Waals surface area contributed by atoms with E-state index in [1.54, 1.807) is 11.8 Å². The summed E-state index contributed by atoms with van der Waals surface area (Å²) >= 11 is 5.33. The fraction of sp³-hybridized carbons (Fsp3) is 0.308. The molecule has 0 bridgehead atoms. The van der Waals surface area contributed by atoms with E-state index in [0.29, 0.717) is 0 Å². The smallest absolute Gasteiger partial charge is 0.0533 e. The summed E-state index contributed by atoms with van der Waals surface area (Å²) in [5, 5.41) is 4.43. The van der Waals surface area contributed by atoms with Crippen LogP contribution in [0.15, 0.2) is 46.0 Å². The fourth-order valence-corrected chi connectivity index (χ4v) is 3.39. The second-order valence-electron chi connectivity index (χ2n) is 4.28. The highest BCUT2D eigenvalue weighted by Crippen LogP contribution is 2.40. The van der Waals surface area contributed by atoms with Gasteiger partial charge in [0.1, 0.15) is 0 Å². The lowest BCUT2D eigenvalue weighted by atomic mass is 10.1. The Labute approximate surface area is 120 Å². The van der Waals surface area contributed by atoms with Crippen molar-refractivity contribution in [1.82, 2.24) is 9.78 Å². The molecule has 0 aliphatic carbocycles. The van der Waals surface area contributed by atoms with Crippen molar-refractivity contribution in [2.75, 3.05) is 0 Å². The molecule has 0 spiro atoms. The minimum atomic E-state index is 0.0614. The van der Waals surface area contributed by atoms with E-state index in [0.717, 1.165) is 10.0 Å². The average molecular weight is 326 g/mol. The Morgan fingerprint density at radius 1 is 1.39 bits per heavy atom. The van der Waals surface area contributed by atoms with Gasteiger partial charge in [-0.25, -0.2) is 0 Å². The third kappa shape index (κ3) is 3.16. The quantitative estimate of drug-likeness (QED) is 0.876. The molecule has 2 unspecified atom stereocenters. The third-order valence-electron chi connectivity index (χ3n) is 2.62. The SMILES string of the molecule is CC(N)C(Sc1ccccc1Br)c1cnn(C)c1. The number of thioether (sulfide) groups is 1. The standard InChI is InChI=1S/C13H16BrN3S/c1-9(15)13(10-7-16-17(2)8-10)18-12-6-4-3-5-11(12)14/h3-9,13H,15H2,1-2H3. The predicted molar refractivity (Wildman–Crippen MR) is 79.6 cm³/mol. The molecule has 1 heterocycles. The van der Waals surface area contributed by atoms with Gasteiger partial charge in [0.15, 0.2) is 0 Å². The molecular weight excluding hydrogens is 310 g/mol. The number of hydrogen-bond donors (Lipinski definition) is 1. The summed E-state index contributed by atoms with van der Waals surface area (Å²) in [6.07, 6.45) is 3.91. The van der Waals surface area contributed by atoms with E-state index in [9.17, 15) is 0 Å². The Morgan fingerprint density at radius 3 is 2.67 bits per heavy atom. The molecule has 18 heavy (non-hydrogen) atoms. The normalized spacial score (nSPS) is 14.4. The van der Waals surface area contributed by atoms with Gasteiger partial charge in [-0.3, -0.25) is 4.68 Å². The summed E-state index contributed by atoms with van der Waals surface area (Å²) in [6, 6.07) is 8.25. The Kier molecular flexibility index (Phi) is 4.48. The molecule has 0 fully saturated rings. The van der Waals surface area contributed by atoms with Crippen LogP contribution in [-0.4, -0.2) is 15.8 Å². The van der Waals surface area contributed by atoms with Crippen LogP contribution in [0.1, 0.15) is 17.7 Å². The predicted octanol–water partition coefficient (Wildman–Crippen LogP) is 3.36. The zero-order valence-electron chi connectivity index (χ0n) is 10.4. The maximum atomic E-state index is 6.10. The highest BCUT2D eigenvalue weighted by molar-refractivity contribution is 9.10. The maximum Gasteiger partial charge on any atom is 0.0533 e. The Balaban J connectivity index is 2.25. The molecule has 0 aliphatic rings. The molecule has 1 aromatic carbocycles. The lowest BCUT2D eigenvalue weighted by Gasteiger charge is -2.19. The molecule has 0 aliphatic heterocycles. The van der Waals surface area contributed by atoms with Gasteiger partial charge in [-0.15, -0.1) is 11.8 Å². The summed E-state index contributed by atoms with van der Waals surface area (Å²) in [7, 11) is 1.92. The van der Waals surface area contributed by atoms with Crippen LogP contribution in [0.4, 0.5) is 0 Å². The minimum absolute atomic E-state index is 0.0614. The molecule has 2 atom stereocenters. The van der Waals surface area contributed by atoms with Crippen molar-refractivity contribution in [3.63, 3.8) is 0 Å². The minimum Gasteiger partial charge on any atom is -0.327 e. The molecule has 0 amide bonds. The second kappa shape index (κ2) is 5.91. The number of hydrogen-bond acceptors (Lipinski definition) is 3. The molecule has 2 N–H and O–H groups in total. The van der Waals surface area contributed by atoms with Crippen molar-refractivity contribution in [3.8, 4) is 0 Å². The molecule has 0 saturated carbocycles. The molecule has 0 saturated heterocycles.